The van der Waals surface area contributed by atoms with Crippen molar-refractivity contribution < 1.29 is 0 Å². The fourth-order valence-corrected chi connectivity index (χ4v) is 2.83. The van der Waals surface area contributed by atoms with Gasteiger partial charge in [-0.1, -0.05) is 66.3 Å². The van der Waals surface area contributed by atoms with Crippen molar-refractivity contribution >= 4 is 29.0 Å². The third kappa shape index (κ3) is 4.37. The minimum atomic E-state index is 0.457. The first-order chi connectivity index (χ1) is 9.15. The van der Waals surface area contributed by atoms with Crippen molar-refractivity contribution in [3.8, 4) is 0 Å². The Bertz CT molecular complexity index is 544. The molecule has 98 valence electrons. The molecule has 0 spiro atoms. The van der Waals surface area contributed by atoms with Crippen LogP contribution in [0.25, 0.3) is 0 Å². The number of nitrogens with two attached hydrogens (primary N) is 1. The zero-order chi connectivity index (χ0) is 13.7. The first-order valence-corrected chi connectivity index (χ1v) is 7.73. The number of aryl methyl sites for hydroxylation is 1. The minimum Gasteiger partial charge on any atom is -0.389 e. The summed E-state index contributed by atoms with van der Waals surface area (Å²) in [5.74, 6) is 2.04. The summed E-state index contributed by atoms with van der Waals surface area (Å²) >= 11 is 6.86. The summed E-state index contributed by atoms with van der Waals surface area (Å²) in [6, 6.07) is 16.9. The van der Waals surface area contributed by atoms with Crippen LogP contribution in [0.4, 0.5) is 0 Å². The number of thioether (sulfide) groups is 1. The second-order valence-electron chi connectivity index (χ2n) is 4.54. The molecule has 0 aliphatic rings. The molecule has 0 amide bonds. The van der Waals surface area contributed by atoms with E-state index in [0.717, 1.165) is 17.1 Å². The van der Waals surface area contributed by atoms with Crippen LogP contribution >= 0.6 is 24.0 Å². The second kappa shape index (κ2) is 6.73. The summed E-state index contributed by atoms with van der Waals surface area (Å²) in [7, 11) is 0. The highest BCUT2D eigenvalue weighted by Gasteiger charge is 1.98. The highest BCUT2D eigenvalue weighted by molar-refractivity contribution is 7.97. The Morgan fingerprint density at radius 3 is 1.89 bits per heavy atom. The maximum atomic E-state index is 5.58. The minimum absolute atomic E-state index is 0.457. The van der Waals surface area contributed by atoms with E-state index in [2.05, 4.69) is 43.3 Å². The summed E-state index contributed by atoms with van der Waals surface area (Å²) < 4.78 is 0. The van der Waals surface area contributed by atoms with Crippen LogP contribution in [0.5, 0.6) is 0 Å². The molecular formula is C16H17NS2. The van der Waals surface area contributed by atoms with E-state index in [1.807, 2.05) is 23.9 Å². The molecule has 0 saturated carbocycles. The van der Waals surface area contributed by atoms with Crippen LogP contribution in [-0.2, 0) is 11.5 Å². The smallest absolute Gasteiger partial charge is 0.103 e. The number of rotatable bonds is 5. The van der Waals surface area contributed by atoms with Crippen LogP contribution in [0, 0.1) is 6.92 Å². The zero-order valence-electron chi connectivity index (χ0n) is 10.9. The maximum Gasteiger partial charge on any atom is 0.103 e. The highest BCUT2D eigenvalue weighted by Crippen LogP contribution is 2.18. The lowest BCUT2D eigenvalue weighted by molar-refractivity contribution is 1.34. The van der Waals surface area contributed by atoms with E-state index in [1.54, 1.807) is 0 Å². The van der Waals surface area contributed by atoms with Gasteiger partial charge < -0.3 is 5.73 Å². The Labute approximate surface area is 124 Å². The van der Waals surface area contributed by atoms with Crippen molar-refractivity contribution in [1.29, 1.82) is 0 Å². The van der Waals surface area contributed by atoms with Gasteiger partial charge >= 0.3 is 0 Å². The third-order valence-electron chi connectivity index (χ3n) is 2.90. The lowest BCUT2D eigenvalue weighted by Gasteiger charge is -2.04. The average molecular weight is 287 g/mol. The SMILES string of the molecule is Cc1ccc(CSCc2ccc(C(N)=S)cc2)cc1. The van der Waals surface area contributed by atoms with Crippen LogP contribution in [0.2, 0.25) is 0 Å². The molecule has 0 heterocycles. The molecule has 3 heteroatoms. The maximum absolute atomic E-state index is 5.58. The first-order valence-electron chi connectivity index (χ1n) is 6.17. The lowest BCUT2D eigenvalue weighted by atomic mass is 10.1. The van der Waals surface area contributed by atoms with Gasteiger partial charge in [-0.05, 0) is 18.1 Å². The molecule has 0 aliphatic carbocycles. The van der Waals surface area contributed by atoms with E-state index in [0.29, 0.717) is 4.99 Å². The number of benzene rings is 2. The largest absolute Gasteiger partial charge is 0.389 e. The molecule has 0 aliphatic heterocycles. The van der Waals surface area contributed by atoms with Gasteiger partial charge in [0.05, 0.1) is 0 Å². The van der Waals surface area contributed by atoms with E-state index in [-0.39, 0.29) is 0 Å². The van der Waals surface area contributed by atoms with Crippen molar-refractivity contribution in [2.45, 2.75) is 18.4 Å². The van der Waals surface area contributed by atoms with E-state index in [4.69, 9.17) is 18.0 Å². The summed E-state index contributed by atoms with van der Waals surface area (Å²) in [6.07, 6.45) is 0. The molecule has 19 heavy (non-hydrogen) atoms. The van der Waals surface area contributed by atoms with Gasteiger partial charge in [0.1, 0.15) is 4.99 Å². The molecule has 0 aromatic heterocycles. The van der Waals surface area contributed by atoms with E-state index < -0.39 is 0 Å². The summed E-state index contributed by atoms with van der Waals surface area (Å²) in [5.41, 5.74) is 10.5. The van der Waals surface area contributed by atoms with Gasteiger partial charge in [-0.2, -0.15) is 11.8 Å². The molecule has 0 unspecified atom stereocenters. The Kier molecular flexibility index (Phi) is 5.00. The Hall–Kier alpha value is -1.32. The van der Waals surface area contributed by atoms with Crippen molar-refractivity contribution in [2.24, 2.45) is 5.73 Å². The fourth-order valence-electron chi connectivity index (χ4n) is 1.74. The molecule has 0 atom stereocenters. The van der Waals surface area contributed by atoms with Crippen molar-refractivity contribution in [3.05, 3.63) is 70.8 Å². The molecule has 0 bridgehead atoms. The van der Waals surface area contributed by atoms with Crippen LogP contribution < -0.4 is 5.73 Å². The number of hydrogen-bond donors (Lipinski definition) is 1. The summed E-state index contributed by atoms with van der Waals surface area (Å²) in [6.45, 7) is 2.11. The van der Waals surface area contributed by atoms with Gasteiger partial charge in [-0.25, -0.2) is 0 Å². The zero-order valence-corrected chi connectivity index (χ0v) is 12.6. The van der Waals surface area contributed by atoms with E-state index >= 15 is 0 Å². The fraction of sp³-hybridized carbons (Fsp3) is 0.188. The Morgan fingerprint density at radius 1 is 0.947 bits per heavy atom. The first kappa shape index (κ1) is 14.1. The third-order valence-corrected chi connectivity index (χ3v) is 4.21. The molecule has 0 saturated heterocycles. The predicted octanol–water partition coefficient (Wildman–Crippen LogP) is 4.06. The predicted molar refractivity (Wildman–Crippen MR) is 88.5 cm³/mol. The lowest BCUT2D eigenvalue weighted by Crippen LogP contribution is -2.08. The number of thiocarbonyl (C=S) groups is 1. The molecule has 0 fully saturated rings. The van der Waals surface area contributed by atoms with Crippen molar-refractivity contribution in [2.75, 3.05) is 0 Å². The molecular weight excluding hydrogens is 270 g/mol. The Balaban J connectivity index is 1.85. The van der Waals surface area contributed by atoms with Gasteiger partial charge in [0.2, 0.25) is 0 Å². The van der Waals surface area contributed by atoms with E-state index in [9.17, 15) is 0 Å². The molecule has 2 aromatic carbocycles. The van der Waals surface area contributed by atoms with Crippen LogP contribution in [-0.4, -0.2) is 4.99 Å². The van der Waals surface area contributed by atoms with Gasteiger partial charge in [-0.15, -0.1) is 0 Å². The van der Waals surface area contributed by atoms with Crippen LogP contribution in [0.1, 0.15) is 22.3 Å². The standard InChI is InChI=1S/C16H17NS2/c1-12-2-4-13(5-3-12)10-19-11-14-6-8-15(9-7-14)16(17)18/h2-9H,10-11H2,1H3,(H2,17,18). The monoisotopic (exact) mass is 287 g/mol. The average Bonchev–Trinajstić information content (AvgIpc) is 2.41. The molecule has 2 N–H and O–H groups in total. The molecule has 0 radical (unpaired) electrons. The molecule has 2 rings (SSSR count). The van der Waals surface area contributed by atoms with Gasteiger partial charge in [0.25, 0.3) is 0 Å². The van der Waals surface area contributed by atoms with Crippen LogP contribution in [0.3, 0.4) is 0 Å². The summed E-state index contributed by atoms with van der Waals surface area (Å²) in [4.78, 5) is 0.457. The van der Waals surface area contributed by atoms with Gasteiger partial charge in [-0.3, -0.25) is 0 Å². The highest BCUT2D eigenvalue weighted by atomic mass is 32.2. The quantitative estimate of drug-likeness (QED) is 0.840. The normalized spacial score (nSPS) is 10.4. The van der Waals surface area contributed by atoms with Gasteiger partial charge in [0.15, 0.2) is 0 Å². The van der Waals surface area contributed by atoms with Gasteiger partial charge in [0, 0.05) is 17.1 Å². The van der Waals surface area contributed by atoms with Crippen LogP contribution in [0.15, 0.2) is 48.5 Å². The second-order valence-corrected chi connectivity index (χ2v) is 5.96. The Morgan fingerprint density at radius 2 is 1.42 bits per heavy atom. The molecule has 1 nitrogen and oxygen atoms in total. The topological polar surface area (TPSA) is 26.0 Å². The van der Waals surface area contributed by atoms with Crippen molar-refractivity contribution in [1.82, 2.24) is 0 Å². The number of hydrogen-bond acceptors (Lipinski definition) is 2. The van der Waals surface area contributed by atoms with Crippen molar-refractivity contribution in [3.63, 3.8) is 0 Å². The molecule has 2 aromatic rings. The van der Waals surface area contributed by atoms with E-state index in [1.165, 1.54) is 16.7 Å². The summed E-state index contributed by atoms with van der Waals surface area (Å²) in [5, 5.41) is 0.